The average Bonchev–Trinajstić information content (AvgIpc) is 3.16. The van der Waals surface area contributed by atoms with Gasteiger partial charge in [0.25, 0.3) is 5.91 Å². The van der Waals surface area contributed by atoms with Crippen molar-refractivity contribution in [3.8, 4) is 11.9 Å². The van der Waals surface area contributed by atoms with E-state index < -0.39 is 0 Å². The first-order chi connectivity index (χ1) is 10.7. The van der Waals surface area contributed by atoms with Gasteiger partial charge >= 0.3 is 0 Å². The Morgan fingerprint density at radius 2 is 2.05 bits per heavy atom. The van der Waals surface area contributed by atoms with Crippen molar-refractivity contribution >= 4 is 11.6 Å². The molecule has 2 heterocycles. The summed E-state index contributed by atoms with van der Waals surface area (Å²) in [6, 6.07) is 12.6. The van der Waals surface area contributed by atoms with E-state index in [1.165, 1.54) is 6.20 Å². The van der Waals surface area contributed by atoms with E-state index in [0.29, 0.717) is 22.6 Å². The largest absolute Gasteiger partial charge is 0.322 e. The fraction of sp³-hybridized carbons (Fsp3) is 0.0625. The Labute approximate surface area is 127 Å². The van der Waals surface area contributed by atoms with E-state index in [9.17, 15) is 4.79 Å². The molecule has 0 atom stereocenters. The summed E-state index contributed by atoms with van der Waals surface area (Å²) in [5, 5.41) is 15.8. The number of anilines is 1. The zero-order valence-electron chi connectivity index (χ0n) is 11.9. The van der Waals surface area contributed by atoms with Crippen LogP contribution in [-0.2, 0) is 7.05 Å². The molecule has 0 aliphatic rings. The monoisotopic (exact) mass is 291 g/mol. The third-order valence-corrected chi connectivity index (χ3v) is 3.25. The van der Waals surface area contributed by atoms with Crippen LogP contribution in [0.3, 0.4) is 0 Å². The average molecular weight is 291 g/mol. The molecule has 0 fully saturated rings. The normalized spacial score (nSPS) is 10.2. The topological polar surface area (TPSA) is 75.6 Å². The molecule has 0 saturated heterocycles. The molecule has 6 heteroatoms. The van der Waals surface area contributed by atoms with Crippen LogP contribution in [0.15, 0.2) is 55.0 Å². The molecule has 1 amide bonds. The van der Waals surface area contributed by atoms with Crippen molar-refractivity contribution in [1.29, 1.82) is 5.26 Å². The van der Waals surface area contributed by atoms with Gasteiger partial charge in [-0.15, -0.1) is 0 Å². The van der Waals surface area contributed by atoms with Gasteiger partial charge in [0.05, 0.1) is 17.8 Å². The minimum atomic E-state index is -0.271. The maximum Gasteiger partial charge on any atom is 0.261 e. The summed E-state index contributed by atoms with van der Waals surface area (Å²) >= 11 is 0. The van der Waals surface area contributed by atoms with Crippen molar-refractivity contribution in [2.24, 2.45) is 7.05 Å². The van der Waals surface area contributed by atoms with Crippen LogP contribution in [0.1, 0.15) is 15.9 Å². The molecular weight excluding hydrogens is 278 g/mol. The Hall–Kier alpha value is -3.33. The highest BCUT2D eigenvalue weighted by molar-refractivity contribution is 6.06. The third kappa shape index (κ3) is 2.47. The zero-order chi connectivity index (χ0) is 15.5. The van der Waals surface area contributed by atoms with Gasteiger partial charge in [-0.1, -0.05) is 6.07 Å². The number of amides is 1. The van der Waals surface area contributed by atoms with Crippen molar-refractivity contribution in [2.75, 3.05) is 5.32 Å². The van der Waals surface area contributed by atoms with E-state index in [4.69, 9.17) is 5.26 Å². The van der Waals surface area contributed by atoms with E-state index in [0.717, 1.165) is 0 Å². The van der Waals surface area contributed by atoms with Crippen molar-refractivity contribution in [2.45, 2.75) is 0 Å². The summed E-state index contributed by atoms with van der Waals surface area (Å²) in [5.74, 6) is 0.408. The van der Waals surface area contributed by atoms with Crippen LogP contribution in [0.4, 0.5) is 5.69 Å². The lowest BCUT2D eigenvalue weighted by Gasteiger charge is -2.08. The molecule has 0 bridgehead atoms. The standard InChI is InChI=1S/C16H13N5O/c1-20-16(21-7-2-3-8-21)14(11-18-20)15(22)19-13-6-4-5-12(9-13)10-17/h2-9,11H,1H3,(H,19,22). The number of hydrogen-bond donors (Lipinski definition) is 1. The molecule has 0 radical (unpaired) electrons. The van der Waals surface area contributed by atoms with E-state index in [-0.39, 0.29) is 5.91 Å². The lowest BCUT2D eigenvalue weighted by Crippen LogP contribution is -2.15. The molecule has 3 aromatic rings. The molecule has 2 aromatic heterocycles. The van der Waals surface area contributed by atoms with Crippen LogP contribution in [0.25, 0.3) is 5.82 Å². The Morgan fingerprint density at radius 1 is 1.27 bits per heavy atom. The van der Waals surface area contributed by atoms with Crippen LogP contribution < -0.4 is 5.32 Å². The highest BCUT2D eigenvalue weighted by Crippen LogP contribution is 2.17. The summed E-state index contributed by atoms with van der Waals surface area (Å²) < 4.78 is 3.47. The number of benzene rings is 1. The van der Waals surface area contributed by atoms with E-state index in [1.807, 2.05) is 35.2 Å². The summed E-state index contributed by atoms with van der Waals surface area (Å²) in [6.45, 7) is 0. The molecule has 0 spiro atoms. The van der Waals surface area contributed by atoms with E-state index in [1.54, 1.807) is 36.0 Å². The van der Waals surface area contributed by atoms with Crippen molar-refractivity contribution < 1.29 is 4.79 Å². The SMILES string of the molecule is Cn1ncc(C(=O)Nc2cccc(C#N)c2)c1-n1cccc1. The smallest absolute Gasteiger partial charge is 0.261 e. The Balaban J connectivity index is 1.92. The molecule has 22 heavy (non-hydrogen) atoms. The summed E-state index contributed by atoms with van der Waals surface area (Å²) in [6.07, 6.45) is 5.23. The highest BCUT2D eigenvalue weighted by atomic mass is 16.1. The van der Waals surface area contributed by atoms with Crippen LogP contribution in [0.5, 0.6) is 0 Å². The Bertz CT molecular complexity index is 855. The fourth-order valence-corrected chi connectivity index (χ4v) is 2.24. The first-order valence-corrected chi connectivity index (χ1v) is 6.66. The molecule has 0 aliphatic heterocycles. The van der Waals surface area contributed by atoms with Gasteiger partial charge in [0, 0.05) is 25.1 Å². The van der Waals surface area contributed by atoms with Gasteiger partial charge in [-0.25, -0.2) is 0 Å². The number of nitrogens with zero attached hydrogens (tertiary/aromatic N) is 4. The number of aromatic nitrogens is 3. The molecule has 0 unspecified atom stereocenters. The molecule has 108 valence electrons. The van der Waals surface area contributed by atoms with Crippen molar-refractivity contribution in [3.63, 3.8) is 0 Å². The fourth-order valence-electron chi connectivity index (χ4n) is 2.24. The second-order valence-electron chi connectivity index (χ2n) is 4.74. The third-order valence-electron chi connectivity index (χ3n) is 3.25. The predicted octanol–water partition coefficient (Wildman–Crippen LogP) is 2.33. The lowest BCUT2D eigenvalue weighted by molar-refractivity contribution is 0.102. The molecular formula is C16H13N5O. The maximum atomic E-state index is 12.5. The second-order valence-corrected chi connectivity index (χ2v) is 4.74. The number of rotatable bonds is 3. The summed E-state index contributed by atoms with van der Waals surface area (Å²) in [7, 11) is 1.78. The molecule has 6 nitrogen and oxygen atoms in total. The van der Waals surface area contributed by atoms with Crippen molar-refractivity contribution in [3.05, 3.63) is 66.1 Å². The van der Waals surface area contributed by atoms with Gasteiger partial charge in [0.1, 0.15) is 11.4 Å². The van der Waals surface area contributed by atoms with E-state index in [2.05, 4.69) is 10.4 Å². The first kappa shape index (κ1) is 13.6. The van der Waals surface area contributed by atoms with Gasteiger partial charge in [-0.2, -0.15) is 10.4 Å². The van der Waals surface area contributed by atoms with Crippen LogP contribution in [0.2, 0.25) is 0 Å². The van der Waals surface area contributed by atoms with Gasteiger partial charge in [-0.05, 0) is 30.3 Å². The van der Waals surface area contributed by atoms with Gasteiger partial charge in [0.15, 0.2) is 0 Å². The number of carbonyl (C=O) groups is 1. The second kappa shape index (κ2) is 5.58. The van der Waals surface area contributed by atoms with Gasteiger partial charge in [0.2, 0.25) is 0 Å². The first-order valence-electron chi connectivity index (χ1n) is 6.66. The summed E-state index contributed by atoms with van der Waals surface area (Å²) in [4.78, 5) is 12.5. The predicted molar refractivity (Wildman–Crippen MR) is 81.6 cm³/mol. The maximum absolute atomic E-state index is 12.5. The molecule has 0 saturated carbocycles. The number of carbonyl (C=O) groups excluding carboxylic acids is 1. The minimum Gasteiger partial charge on any atom is -0.322 e. The molecule has 3 rings (SSSR count). The molecule has 1 N–H and O–H groups in total. The Kier molecular flexibility index (Phi) is 3.46. The number of nitrogens with one attached hydrogen (secondary N) is 1. The lowest BCUT2D eigenvalue weighted by atomic mass is 10.2. The van der Waals surface area contributed by atoms with Gasteiger partial charge in [-0.3, -0.25) is 9.48 Å². The molecule has 1 aromatic carbocycles. The quantitative estimate of drug-likeness (QED) is 0.804. The minimum absolute atomic E-state index is 0.271. The highest BCUT2D eigenvalue weighted by Gasteiger charge is 2.17. The van der Waals surface area contributed by atoms with Crippen LogP contribution >= 0.6 is 0 Å². The van der Waals surface area contributed by atoms with E-state index >= 15 is 0 Å². The molecule has 0 aliphatic carbocycles. The number of nitriles is 1. The number of aryl methyl sites for hydroxylation is 1. The Morgan fingerprint density at radius 3 is 2.77 bits per heavy atom. The van der Waals surface area contributed by atoms with Crippen LogP contribution in [0, 0.1) is 11.3 Å². The number of hydrogen-bond acceptors (Lipinski definition) is 3. The van der Waals surface area contributed by atoms with Crippen molar-refractivity contribution in [1.82, 2.24) is 14.3 Å². The van der Waals surface area contributed by atoms with Crippen LogP contribution in [-0.4, -0.2) is 20.3 Å². The zero-order valence-corrected chi connectivity index (χ0v) is 11.9. The van der Waals surface area contributed by atoms with Gasteiger partial charge < -0.3 is 9.88 Å². The summed E-state index contributed by atoms with van der Waals surface area (Å²) in [5.41, 5.74) is 1.53.